The summed E-state index contributed by atoms with van der Waals surface area (Å²) in [4.78, 5) is 50.8. The number of hydrogen-bond donors (Lipinski definition) is 2. The number of carbonyl (C=O) groups excluding carboxylic acids is 4. The number of carbonyl (C=O) groups is 4. The molecule has 4 amide bonds. The van der Waals surface area contributed by atoms with Crippen LogP contribution in [0.4, 0.5) is 25.0 Å². The molecule has 0 radical (unpaired) electrons. The molecule has 0 atom stereocenters. The van der Waals surface area contributed by atoms with Crippen molar-refractivity contribution >= 4 is 63.8 Å². The second-order valence-electron chi connectivity index (χ2n) is 8.43. The Morgan fingerprint density at radius 3 is 2.39 bits per heavy atom. The summed E-state index contributed by atoms with van der Waals surface area (Å²) in [5.74, 6) is -2.60. The van der Waals surface area contributed by atoms with Gasteiger partial charge in [-0.1, -0.05) is 17.7 Å². The number of benzene rings is 3. The van der Waals surface area contributed by atoms with Gasteiger partial charge in [0.2, 0.25) is 5.91 Å². The van der Waals surface area contributed by atoms with Gasteiger partial charge in [-0.2, -0.15) is 0 Å². The smallest absolute Gasteiger partial charge is 0.294 e. The fraction of sp³-hybridized carbons (Fsp3) is 0.143. The van der Waals surface area contributed by atoms with Crippen LogP contribution in [0.15, 0.2) is 65.6 Å². The Balaban J connectivity index is 1.44. The Hall–Kier alpha value is -4.42. The van der Waals surface area contributed by atoms with Crippen molar-refractivity contribution in [1.82, 2.24) is 4.90 Å². The van der Waals surface area contributed by atoms with Gasteiger partial charge in [0.1, 0.15) is 18.2 Å². The van der Waals surface area contributed by atoms with E-state index in [0.29, 0.717) is 23.0 Å². The number of rotatable bonds is 10. The van der Waals surface area contributed by atoms with Crippen LogP contribution >= 0.6 is 23.4 Å². The van der Waals surface area contributed by atoms with Crippen molar-refractivity contribution in [3.63, 3.8) is 0 Å². The Kier molecular flexibility index (Phi) is 9.58. The summed E-state index contributed by atoms with van der Waals surface area (Å²) < 4.78 is 37.6. The molecule has 212 valence electrons. The van der Waals surface area contributed by atoms with Crippen molar-refractivity contribution in [3.05, 3.63) is 87.8 Å². The zero-order chi connectivity index (χ0) is 29.5. The average Bonchev–Trinajstić information content (AvgIpc) is 3.17. The number of nitrogens with zero attached hydrogens (tertiary/aromatic N) is 1. The SMILES string of the molecule is CCOc1cc(/C=C2/SC(=O)N(CC(=O)Nc3cccc(F)c3)C2=O)cc(Cl)c1OCC(=O)Nc1ccc(F)cc1. The van der Waals surface area contributed by atoms with E-state index in [1.54, 1.807) is 6.92 Å². The molecule has 0 saturated carbocycles. The summed E-state index contributed by atoms with van der Waals surface area (Å²) in [7, 11) is 0. The minimum absolute atomic E-state index is 0.0411. The second kappa shape index (κ2) is 13.3. The van der Waals surface area contributed by atoms with E-state index in [0.717, 1.165) is 11.0 Å². The molecule has 0 spiro atoms. The van der Waals surface area contributed by atoms with Crippen LogP contribution in [0.1, 0.15) is 12.5 Å². The van der Waals surface area contributed by atoms with Gasteiger partial charge in [-0.3, -0.25) is 24.1 Å². The fourth-order valence-electron chi connectivity index (χ4n) is 3.64. The molecule has 1 saturated heterocycles. The molecule has 4 rings (SSSR count). The molecule has 3 aromatic carbocycles. The molecule has 2 N–H and O–H groups in total. The van der Waals surface area contributed by atoms with E-state index in [-0.39, 0.29) is 33.7 Å². The van der Waals surface area contributed by atoms with Crippen LogP contribution in [-0.4, -0.2) is 47.6 Å². The number of imide groups is 1. The van der Waals surface area contributed by atoms with Crippen LogP contribution in [0.25, 0.3) is 6.08 Å². The van der Waals surface area contributed by atoms with E-state index < -0.39 is 47.7 Å². The van der Waals surface area contributed by atoms with E-state index in [2.05, 4.69) is 10.6 Å². The van der Waals surface area contributed by atoms with Crippen LogP contribution in [0.2, 0.25) is 5.02 Å². The van der Waals surface area contributed by atoms with E-state index in [4.69, 9.17) is 21.1 Å². The normalized spacial score (nSPS) is 13.9. The lowest BCUT2D eigenvalue weighted by Gasteiger charge is -2.15. The zero-order valence-electron chi connectivity index (χ0n) is 21.4. The van der Waals surface area contributed by atoms with E-state index in [1.807, 2.05) is 0 Å². The lowest BCUT2D eigenvalue weighted by Crippen LogP contribution is -2.36. The Morgan fingerprint density at radius 2 is 1.68 bits per heavy atom. The maximum Gasteiger partial charge on any atom is 0.294 e. The number of amides is 4. The van der Waals surface area contributed by atoms with Gasteiger partial charge in [0.05, 0.1) is 16.5 Å². The predicted molar refractivity (Wildman–Crippen MR) is 151 cm³/mol. The molecule has 41 heavy (non-hydrogen) atoms. The van der Waals surface area contributed by atoms with Crippen molar-refractivity contribution in [2.75, 3.05) is 30.4 Å². The number of hydrogen-bond acceptors (Lipinski definition) is 7. The first kappa shape index (κ1) is 29.6. The molecule has 0 aromatic heterocycles. The van der Waals surface area contributed by atoms with Gasteiger partial charge in [-0.05, 0) is 84.9 Å². The molecule has 1 aliphatic rings. The number of halogens is 3. The summed E-state index contributed by atoms with van der Waals surface area (Å²) in [6.07, 6.45) is 1.41. The number of anilines is 2. The average molecular weight is 602 g/mol. The van der Waals surface area contributed by atoms with Gasteiger partial charge in [-0.25, -0.2) is 8.78 Å². The maximum absolute atomic E-state index is 13.4. The van der Waals surface area contributed by atoms with Crippen LogP contribution < -0.4 is 20.1 Å². The molecule has 0 aliphatic carbocycles. The van der Waals surface area contributed by atoms with Crippen LogP contribution in [0.3, 0.4) is 0 Å². The molecule has 1 heterocycles. The first-order valence-corrected chi connectivity index (χ1v) is 13.3. The van der Waals surface area contributed by atoms with E-state index in [1.165, 1.54) is 60.7 Å². The highest BCUT2D eigenvalue weighted by atomic mass is 35.5. The van der Waals surface area contributed by atoms with Crippen molar-refractivity contribution in [2.45, 2.75) is 6.92 Å². The van der Waals surface area contributed by atoms with Crippen LogP contribution in [0.5, 0.6) is 11.5 Å². The first-order valence-electron chi connectivity index (χ1n) is 12.1. The first-order chi connectivity index (χ1) is 19.6. The van der Waals surface area contributed by atoms with Crippen LogP contribution in [0, 0.1) is 11.6 Å². The third-order valence-electron chi connectivity index (χ3n) is 5.39. The molecule has 0 bridgehead atoms. The lowest BCUT2D eigenvalue weighted by molar-refractivity contribution is -0.127. The minimum Gasteiger partial charge on any atom is -0.490 e. The highest BCUT2D eigenvalue weighted by molar-refractivity contribution is 8.18. The molecular weight excluding hydrogens is 580 g/mol. The largest absolute Gasteiger partial charge is 0.490 e. The molecule has 9 nitrogen and oxygen atoms in total. The van der Waals surface area contributed by atoms with Crippen LogP contribution in [-0.2, 0) is 14.4 Å². The second-order valence-corrected chi connectivity index (χ2v) is 9.83. The lowest BCUT2D eigenvalue weighted by atomic mass is 10.1. The highest BCUT2D eigenvalue weighted by Gasteiger charge is 2.36. The van der Waals surface area contributed by atoms with Crippen molar-refractivity contribution in [3.8, 4) is 11.5 Å². The summed E-state index contributed by atoms with van der Waals surface area (Å²) in [5.41, 5.74) is 0.967. The number of thioether (sulfide) groups is 1. The van der Waals surface area contributed by atoms with Gasteiger partial charge >= 0.3 is 0 Å². The summed E-state index contributed by atoms with van der Waals surface area (Å²) >= 11 is 7.05. The van der Waals surface area contributed by atoms with Gasteiger partial charge in [0.25, 0.3) is 17.1 Å². The Morgan fingerprint density at radius 1 is 0.951 bits per heavy atom. The minimum atomic E-state index is -0.693. The molecule has 13 heteroatoms. The molecular formula is C28H22ClF2N3O6S. The fourth-order valence-corrected chi connectivity index (χ4v) is 4.75. The summed E-state index contributed by atoms with van der Waals surface area (Å²) in [6.45, 7) is 0.976. The van der Waals surface area contributed by atoms with Crippen molar-refractivity contribution in [2.24, 2.45) is 0 Å². The van der Waals surface area contributed by atoms with Crippen molar-refractivity contribution < 1.29 is 37.4 Å². The number of ether oxygens (including phenoxy) is 2. The highest BCUT2D eigenvalue weighted by Crippen LogP contribution is 2.39. The van der Waals surface area contributed by atoms with Gasteiger partial charge < -0.3 is 20.1 Å². The molecule has 0 unspecified atom stereocenters. The maximum atomic E-state index is 13.4. The topological polar surface area (TPSA) is 114 Å². The Bertz CT molecular complexity index is 1530. The Labute approximate surface area is 242 Å². The standard InChI is InChI=1S/C28H22ClF2N3O6S/c1-2-39-22-11-16(10-21(29)26(22)40-15-25(36)32-19-8-6-17(30)7-9-19)12-23-27(37)34(28(38)41-23)14-24(35)33-20-5-3-4-18(31)13-20/h3-13H,2,14-15H2,1H3,(H,32,36)(H,33,35)/b23-12+. The third kappa shape index (κ3) is 7.83. The van der Waals surface area contributed by atoms with E-state index >= 15 is 0 Å². The predicted octanol–water partition coefficient (Wildman–Crippen LogP) is 5.71. The van der Waals surface area contributed by atoms with E-state index in [9.17, 15) is 28.0 Å². The van der Waals surface area contributed by atoms with Gasteiger partial charge in [0.15, 0.2) is 18.1 Å². The molecule has 1 fully saturated rings. The number of nitrogens with one attached hydrogen (secondary N) is 2. The zero-order valence-corrected chi connectivity index (χ0v) is 23.0. The van der Waals surface area contributed by atoms with Gasteiger partial charge in [-0.15, -0.1) is 0 Å². The summed E-state index contributed by atoms with van der Waals surface area (Å²) in [6, 6.07) is 13.4. The van der Waals surface area contributed by atoms with Gasteiger partial charge in [0, 0.05) is 11.4 Å². The molecule has 3 aromatic rings. The van der Waals surface area contributed by atoms with Crippen molar-refractivity contribution in [1.29, 1.82) is 0 Å². The summed E-state index contributed by atoms with van der Waals surface area (Å²) in [5, 5.41) is 4.43. The third-order valence-corrected chi connectivity index (χ3v) is 6.58. The monoisotopic (exact) mass is 601 g/mol. The quantitative estimate of drug-likeness (QED) is 0.286. The molecule has 1 aliphatic heterocycles.